The van der Waals surface area contributed by atoms with Crippen LogP contribution in [0.1, 0.15) is 32.2 Å². The molecule has 6 heteroatoms. The van der Waals surface area contributed by atoms with E-state index in [0.717, 1.165) is 72.4 Å². The third-order valence-corrected chi connectivity index (χ3v) is 7.65. The molecule has 0 saturated heterocycles. The zero-order valence-corrected chi connectivity index (χ0v) is 27.5. The van der Waals surface area contributed by atoms with Crippen molar-refractivity contribution >= 4 is 33.0 Å². The number of rotatable bonds is 4. The van der Waals surface area contributed by atoms with Crippen molar-refractivity contribution in [3.05, 3.63) is 145 Å². The zero-order chi connectivity index (χ0) is 31.0. The van der Waals surface area contributed by atoms with Gasteiger partial charge in [-0.25, -0.2) is 0 Å². The maximum Gasteiger partial charge on any atom is 0.121 e. The summed E-state index contributed by atoms with van der Waals surface area (Å²) in [6.07, 6.45) is 5.48. The van der Waals surface area contributed by atoms with Crippen LogP contribution < -0.4 is 0 Å². The SMILES string of the molecule is [2H]C(C)(C)c1ccc2c(c1)oc1c(-c3nc4c(C)cncc4n3-c3ccccc3)[c-]ccc12.[Ir].[c-]1ccccc1-c1ccccn1. The molecule has 0 aliphatic carbocycles. The van der Waals surface area contributed by atoms with Gasteiger partial charge < -0.3 is 14.0 Å². The van der Waals surface area contributed by atoms with Gasteiger partial charge in [-0.2, -0.15) is 0 Å². The molecule has 0 aliphatic rings. The number of hydrogen-bond acceptors (Lipinski definition) is 4. The maximum atomic E-state index is 8.40. The van der Waals surface area contributed by atoms with Crippen LogP contribution in [-0.2, 0) is 20.1 Å². The molecule has 0 unspecified atom stereocenters. The Labute approximate surface area is 277 Å². The summed E-state index contributed by atoms with van der Waals surface area (Å²) >= 11 is 0. The summed E-state index contributed by atoms with van der Waals surface area (Å²) in [5.41, 5.74) is 9.10. The normalized spacial score (nSPS) is 11.6. The van der Waals surface area contributed by atoms with Crippen LogP contribution in [0.2, 0.25) is 0 Å². The topological polar surface area (TPSA) is 56.7 Å². The van der Waals surface area contributed by atoms with Crippen LogP contribution in [-0.4, -0.2) is 19.5 Å². The number of imidazole rings is 1. The number of benzene rings is 4. The van der Waals surface area contributed by atoms with Gasteiger partial charge in [0.2, 0.25) is 0 Å². The molecule has 5 nitrogen and oxygen atoms in total. The van der Waals surface area contributed by atoms with Gasteiger partial charge in [-0.05, 0) is 53.9 Å². The van der Waals surface area contributed by atoms with E-state index < -0.39 is 5.89 Å². The number of hydrogen-bond donors (Lipinski definition) is 0. The molecule has 0 N–H and O–H groups in total. The average Bonchev–Trinajstić information content (AvgIpc) is 3.65. The molecule has 223 valence electrons. The van der Waals surface area contributed by atoms with Crippen molar-refractivity contribution < 1.29 is 25.9 Å². The van der Waals surface area contributed by atoms with E-state index in [1.165, 1.54) is 0 Å². The number of aryl methyl sites for hydroxylation is 1. The fourth-order valence-electron chi connectivity index (χ4n) is 5.42. The first-order valence-corrected chi connectivity index (χ1v) is 14.5. The summed E-state index contributed by atoms with van der Waals surface area (Å²) in [4.78, 5) is 13.7. The Hall–Kier alpha value is -4.90. The third kappa shape index (κ3) is 5.83. The summed E-state index contributed by atoms with van der Waals surface area (Å²) in [6.45, 7) is 5.79. The second kappa shape index (κ2) is 13.0. The largest absolute Gasteiger partial charge is 0.501 e. The van der Waals surface area contributed by atoms with E-state index in [1.54, 1.807) is 6.20 Å². The van der Waals surface area contributed by atoms with Crippen LogP contribution in [0.4, 0.5) is 0 Å². The van der Waals surface area contributed by atoms with Crippen molar-refractivity contribution in [3.8, 4) is 28.3 Å². The first-order chi connectivity index (χ1) is 21.9. The quantitative estimate of drug-likeness (QED) is 0.168. The first-order valence-electron chi connectivity index (χ1n) is 15.0. The van der Waals surface area contributed by atoms with Gasteiger partial charge in [-0.1, -0.05) is 67.3 Å². The molecule has 0 bridgehead atoms. The van der Waals surface area contributed by atoms with Gasteiger partial charge in [0.25, 0.3) is 0 Å². The summed E-state index contributed by atoms with van der Waals surface area (Å²) in [7, 11) is 0. The molecule has 4 heterocycles. The van der Waals surface area contributed by atoms with Crippen molar-refractivity contribution in [2.24, 2.45) is 0 Å². The molecule has 4 aromatic heterocycles. The van der Waals surface area contributed by atoms with Crippen LogP contribution in [0.5, 0.6) is 0 Å². The summed E-state index contributed by atoms with van der Waals surface area (Å²) < 4.78 is 16.9. The molecule has 0 aliphatic heterocycles. The van der Waals surface area contributed by atoms with Crippen molar-refractivity contribution in [1.82, 2.24) is 19.5 Å². The smallest absolute Gasteiger partial charge is 0.121 e. The number of nitrogens with zero attached hydrogens (tertiary/aromatic N) is 4. The van der Waals surface area contributed by atoms with Gasteiger partial charge in [-0.3, -0.25) is 9.97 Å². The van der Waals surface area contributed by atoms with E-state index in [-0.39, 0.29) is 20.1 Å². The van der Waals surface area contributed by atoms with Crippen molar-refractivity contribution in [2.45, 2.75) is 26.7 Å². The van der Waals surface area contributed by atoms with Crippen molar-refractivity contribution in [1.29, 1.82) is 0 Å². The van der Waals surface area contributed by atoms with Gasteiger partial charge in [0.1, 0.15) is 5.58 Å². The Morgan fingerprint density at radius 2 is 1.67 bits per heavy atom. The van der Waals surface area contributed by atoms with E-state index in [9.17, 15) is 0 Å². The Balaban J connectivity index is 0.000000241. The molecule has 0 amide bonds. The minimum absolute atomic E-state index is 0. The molecule has 0 saturated carbocycles. The van der Waals surface area contributed by atoms with E-state index in [4.69, 9.17) is 10.8 Å². The number of aromatic nitrogens is 4. The van der Waals surface area contributed by atoms with Gasteiger partial charge in [0.05, 0.1) is 28.6 Å². The fraction of sp³-hybridized carbons (Fsp3) is 0.103. The van der Waals surface area contributed by atoms with Crippen molar-refractivity contribution in [2.75, 3.05) is 0 Å². The van der Waals surface area contributed by atoms with Gasteiger partial charge in [-0.15, -0.1) is 54.1 Å². The van der Waals surface area contributed by atoms with Crippen LogP contribution >= 0.6 is 0 Å². The second-order valence-electron chi connectivity index (χ2n) is 10.8. The standard InChI is InChI=1S/C28H22N3O.C11H8N.Ir/c1-17(2)19-12-13-21-22-10-7-11-23(27(22)32-25(21)14-19)28-30-26-18(3)15-29-16-24(26)31(28)20-8-5-4-6-9-20;1-2-6-10(7-3-1)11-8-4-5-9-12-11;/h4-10,12-17H,1-3H3;1-6,8-9H;/q2*-1;/i17D;;. The predicted octanol–water partition coefficient (Wildman–Crippen LogP) is 9.77. The third-order valence-electron chi connectivity index (χ3n) is 7.65. The summed E-state index contributed by atoms with van der Waals surface area (Å²) in [5, 5.41) is 2.03. The predicted molar refractivity (Wildman–Crippen MR) is 178 cm³/mol. The monoisotopic (exact) mass is 764 g/mol. The molecule has 4 aromatic carbocycles. The Morgan fingerprint density at radius 3 is 2.42 bits per heavy atom. The van der Waals surface area contributed by atoms with Crippen LogP contribution in [0, 0.1) is 19.1 Å². The maximum absolute atomic E-state index is 8.40. The Morgan fingerprint density at radius 1 is 0.844 bits per heavy atom. The van der Waals surface area contributed by atoms with Crippen LogP contribution in [0.3, 0.4) is 0 Å². The Bertz CT molecular complexity index is 2220. The number of furan rings is 1. The Kier molecular flexibility index (Phi) is 8.33. The number of pyridine rings is 2. The van der Waals surface area contributed by atoms with Gasteiger partial charge >= 0.3 is 0 Å². The fourth-order valence-corrected chi connectivity index (χ4v) is 5.42. The molecule has 45 heavy (non-hydrogen) atoms. The summed E-state index contributed by atoms with van der Waals surface area (Å²) in [5.74, 6) is 0.0616. The van der Waals surface area contributed by atoms with Crippen molar-refractivity contribution in [3.63, 3.8) is 0 Å². The average molecular weight is 764 g/mol. The van der Waals surface area contributed by atoms with E-state index >= 15 is 0 Å². The number of fused-ring (bicyclic) bond motifs is 4. The van der Waals surface area contributed by atoms with E-state index in [0.29, 0.717) is 0 Å². The molecular weight excluding hydrogens is 733 g/mol. The molecule has 8 aromatic rings. The zero-order valence-electron chi connectivity index (χ0n) is 26.1. The molecule has 1 radical (unpaired) electrons. The van der Waals surface area contributed by atoms with Crippen LogP contribution in [0.15, 0.2) is 126 Å². The minimum atomic E-state index is -0.700. The van der Waals surface area contributed by atoms with E-state index in [1.807, 2.05) is 124 Å². The second-order valence-corrected chi connectivity index (χ2v) is 10.8. The molecule has 0 atom stereocenters. The van der Waals surface area contributed by atoms with Crippen LogP contribution in [0.25, 0.3) is 61.3 Å². The number of para-hydroxylation sites is 1. The molecular formula is C39H30IrN4O-2. The van der Waals surface area contributed by atoms with E-state index in [2.05, 4.69) is 38.8 Å². The molecule has 0 fully saturated rings. The molecule has 0 spiro atoms. The first kappa shape index (κ1) is 28.8. The summed E-state index contributed by atoms with van der Waals surface area (Å²) in [6, 6.07) is 40.4. The van der Waals surface area contributed by atoms with Gasteiger partial charge in [0.15, 0.2) is 0 Å². The minimum Gasteiger partial charge on any atom is -0.501 e. The molecule has 8 rings (SSSR count). The van der Waals surface area contributed by atoms with Gasteiger partial charge in [0, 0.05) is 44.9 Å².